The molecule has 1 rings (SSSR count). The molecule has 1 fully saturated rings. The summed E-state index contributed by atoms with van der Waals surface area (Å²) in [4.78, 5) is 16.1. The molecule has 0 N–H and O–H groups in total. The maximum Gasteiger partial charge on any atom is 0.228 e. The maximum atomic E-state index is 11.8. The van der Waals surface area contributed by atoms with Gasteiger partial charge >= 0.3 is 0 Å². The number of likely N-dealkylation sites (N-methyl/N-ethyl adjacent to an activating group) is 1. The zero-order valence-corrected chi connectivity index (χ0v) is 9.13. The van der Waals surface area contributed by atoms with E-state index in [0.29, 0.717) is 0 Å². The maximum absolute atomic E-state index is 11.8. The molecule has 84 valence electrons. The standard InChI is InChI=1S/C10H20N2O.CH4/c1-10(2,3)9(13)12-7-5-11(4)6-8-12;/h5-8H2,1-4H3;1H4. The van der Waals surface area contributed by atoms with E-state index in [1.54, 1.807) is 0 Å². The van der Waals surface area contributed by atoms with Crippen LogP contribution in [0.5, 0.6) is 0 Å². The van der Waals surface area contributed by atoms with Crippen molar-refractivity contribution in [2.75, 3.05) is 33.2 Å². The van der Waals surface area contributed by atoms with E-state index in [4.69, 9.17) is 0 Å². The lowest BCUT2D eigenvalue weighted by Crippen LogP contribution is -2.50. The highest BCUT2D eigenvalue weighted by Gasteiger charge is 2.28. The minimum atomic E-state index is -0.226. The summed E-state index contributed by atoms with van der Waals surface area (Å²) in [6.45, 7) is 9.71. The van der Waals surface area contributed by atoms with E-state index in [1.807, 2.05) is 25.7 Å². The monoisotopic (exact) mass is 200 g/mol. The van der Waals surface area contributed by atoms with Gasteiger partial charge < -0.3 is 9.80 Å². The van der Waals surface area contributed by atoms with Gasteiger partial charge in [-0.1, -0.05) is 28.2 Å². The van der Waals surface area contributed by atoms with E-state index in [2.05, 4.69) is 11.9 Å². The van der Waals surface area contributed by atoms with Crippen molar-refractivity contribution in [3.8, 4) is 0 Å². The molecule has 0 aliphatic carbocycles. The molecule has 0 unspecified atom stereocenters. The zero-order valence-electron chi connectivity index (χ0n) is 9.13. The molecular formula is C11H24N2O. The second-order valence-electron chi connectivity index (χ2n) is 4.85. The van der Waals surface area contributed by atoms with Crippen LogP contribution in [0, 0.1) is 5.41 Å². The first-order chi connectivity index (χ1) is 5.91. The molecule has 0 spiro atoms. The second kappa shape index (κ2) is 4.78. The van der Waals surface area contributed by atoms with E-state index < -0.39 is 0 Å². The van der Waals surface area contributed by atoms with Crippen molar-refractivity contribution < 1.29 is 4.79 Å². The number of amides is 1. The van der Waals surface area contributed by atoms with Crippen LogP contribution in [0.2, 0.25) is 0 Å². The van der Waals surface area contributed by atoms with Crippen molar-refractivity contribution >= 4 is 5.91 Å². The fraction of sp³-hybridized carbons (Fsp3) is 0.909. The smallest absolute Gasteiger partial charge is 0.228 e. The fourth-order valence-corrected chi connectivity index (χ4v) is 1.48. The van der Waals surface area contributed by atoms with Crippen LogP contribution in [0.15, 0.2) is 0 Å². The second-order valence-corrected chi connectivity index (χ2v) is 4.85. The Morgan fingerprint density at radius 2 is 1.50 bits per heavy atom. The van der Waals surface area contributed by atoms with Crippen molar-refractivity contribution in [2.45, 2.75) is 28.2 Å². The van der Waals surface area contributed by atoms with E-state index in [-0.39, 0.29) is 18.7 Å². The number of nitrogens with zero attached hydrogens (tertiary/aromatic N) is 2. The quantitative estimate of drug-likeness (QED) is 0.591. The predicted octanol–water partition coefficient (Wildman–Crippen LogP) is 1.44. The lowest BCUT2D eigenvalue weighted by Gasteiger charge is -2.36. The highest BCUT2D eigenvalue weighted by Crippen LogP contribution is 2.18. The normalized spacial score (nSPS) is 19.0. The molecule has 0 radical (unpaired) electrons. The fourth-order valence-electron chi connectivity index (χ4n) is 1.48. The molecule has 3 heteroatoms. The lowest BCUT2D eigenvalue weighted by atomic mass is 9.94. The predicted molar refractivity (Wildman–Crippen MR) is 60.3 cm³/mol. The summed E-state index contributed by atoms with van der Waals surface area (Å²) in [6.07, 6.45) is 0. The number of hydrogen-bond donors (Lipinski definition) is 0. The molecule has 0 aromatic rings. The minimum absolute atomic E-state index is 0. The van der Waals surface area contributed by atoms with Gasteiger partial charge in [0.15, 0.2) is 0 Å². The molecule has 0 bridgehead atoms. The lowest BCUT2D eigenvalue weighted by molar-refractivity contribution is -0.141. The van der Waals surface area contributed by atoms with Gasteiger partial charge in [0.2, 0.25) is 5.91 Å². The zero-order chi connectivity index (χ0) is 10.1. The number of rotatable bonds is 0. The molecular weight excluding hydrogens is 176 g/mol. The van der Waals surface area contributed by atoms with Gasteiger partial charge in [0.25, 0.3) is 0 Å². The summed E-state index contributed by atoms with van der Waals surface area (Å²) in [5, 5.41) is 0. The number of carbonyl (C=O) groups excluding carboxylic acids is 1. The van der Waals surface area contributed by atoms with Crippen LogP contribution >= 0.6 is 0 Å². The molecule has 1 aliphatic heterocycles. The van der Waals surface area contributed by atoms with E-state index in [0.717, 1.165) is 26.2 Å². The first kappa shape index (κ1) is 13.4. The van der Waals surface area contributed by atoms with Crippen LogP contribution in [-0.2, 0) is 4.79 Å². The van der Waals surface area contributed by atoms with Crippen molar-refractivity contribution in [1.29, 1.82) is 0 Å². The summed E-state index contributed by atoms with van der Waals surface area (Å²) < 4.78 is 0. The largest absolute Gasteiger partial charge is 0.340 e. The average Bonchev–Trinajstić information content (AvgIpc) is 2.03. The number of carbonyl (C=O) groups is 1. The minimum Gasteiger partial charge on any atom is -0.340 e. The van der Waals surface area contributed by atoms with Gasteiger partial charge in [-0.15, -0.1) is 0 Å². The Hall–Kier alpha value is -0.570. The number of piperazine rings is 1. The molecule has 0 aromatic heterocycles. The topological polar surface area (TPSA) is 23.6 Å². The van der Waals surface area contributed by atoms with Crippen LogP contribution in [0.3, 0.4) is 0 Å². The van der Waals surface area contributed by atoms with Crippen molar-refractivity contribution in [3.05, 3.63) is 0 Å². The molecule has 1 aliphatic rings. The van der Waals surface area contributed by atoms with E-state index in [9.17, 15) is 4.79 Å². The van der Waals surface area contributed by atoms with Crippen molar-refractivity contribution in [1.82, 2.24) is 9.80 Å². The molecule has 1 heterocycles. The van der Waals surface area contributed by atoms with E-state index in [1.165, 1.54) is 0 Å². The Morgan fingerprint density at radius 3 is 1.86 bits per heavy atom. The molecule has 3 nitrogen and oxygen atoms in total. The highest BCUT2D eigenvalue weighted by molar-refractivity contribution is 5.81. The Labute approximate surface area is 88.1 Å². The number of hydrogen-bond acceptors (Lipinski definition) is 2. The average molecular weight is 200 g/mol. The van der Waals surface area contributed by atoms with Gasteiger partial charge in [-0.3, -0.25) is 4.79 Å². The Balaban J connectivity index is 0.00000169. The van der Waals surface area contributed by atoms with Gasteiger partial charge in [0, 0.05) is 31.6 Å². The summed E-state index contributed by atoms with van der Waals surface area (Å²) >= 11 is 0. The van der Waals surface area contributed by atoms with Gasteiger partial charge in [0.05, 0.1) is 0 Å². The van der Waals surface area contributed by atoms with Crippen LogP contribution in [0.4, 0.5) is 0 Å². The summed E-state index contributed by atoms with van der Waals surface area (Å²) in [5.74, 6) is 0.278. The molecule has 0 saturated carbocycles. The molecule has 0 aromatic carbocycles. The first-order valence-corrected chi connectivity index (χ1v) is 4.89. The van der Waals surface area contributed by atoms with Crippen LogP contribution in [0.1, 0.15) is 28.2 Å². The molecule has 1 amide bonds. The SMILES string of the molecule is C.CN1CCN(C(=O)C(C)(C)C)CC1. The summed E-state index contributed by atoms with van der Waals surface area (Å²) in [6, 6.07) is 0. The Kier molecular flexibility index (Phi) is 4.59. The molecule has 0 atom stereocenters. The van der Waals surface area contributed by atoms with Gasteiger partial charge in [-0.2, -0.15) is 0 Å². The molecule has 1 saturated heterocycles. The van der Waals surface area contributed by atoms with Gasteiger partial charge in [-0.05, 0) is 7.05 Å². The Morgan fingerprint density at radius 1 is 1.07 bits per heavy atom. The third-order valence-corrected chi connectivity index (χ3v) is 2.43. The summed E-state index contributed by atoms with van der Waals surface area (Å²) in [7, 11) is 2.10. The highest BCUT2D eigenvalue weighted by atomic mass is 16.2. The Bertz CT molecular complexity index is 188. The van der Waals surface area contributed by atoms with E-state index >= 15 is 0 Å². The van der Waals surface area contributed by atoms with Gasteiger partial charge in [0.1, 0.15) is 0 Å². The molecule has 14 heavy (non-hydrogen) atoms. The first-order valence-electron chi connectivity index (χ1n) is 4.89. The van der Waals surface area contributed by atoms with Crippen molar-refractivity contribution in [2.24, 2.45) is 5.41 Å². The third kappa shape index (κ3) is 3.29. The third-order valence-electron chi connectivity index (χ3n) is 2.43. The van der Waals surface area contributed by atoms with Crippen LogP contribution in [-0.4, -0.2) is 48.9 Å². The van der Waals surface area contributed by atoms with Crippen LogP contribution < -0.4 is 0 Å². The van der Waals surface area contributed by atoms with Gasteiger partial charge in [-0.25, -0.2) is 0 Å². The summed E-state index contributed by atoms with van der Waals surface area (Å²) in [5.41, 5.74) is -0.226. The van der Waals surface area contributed by atoms with Crippen LogP contribution in [0.25, 0.3) is 0 Å². The van der Waals surface area contributed by atoms with Crippen molar-refractivity contribution in [3.63, 3.8) is 0 Å².